The third-order valence-corrected chi connectivity index (χ3v) is 3.88. The van der Waals surface area contributed by atoms with Crippen LogP contribution in [0.15, 0.2) is 0 Å². The van der Waals surface area contributed by atoms with Crippen molar-refractivity contribution in [1.29, 1.82) is 0 Å². The largest absolute Gasteiger partial charge is 0.290 e. The minimum atomic E-state index is -0.530. The van der Waals surface area contributed by atoms with Gasteiger partial charge in [-0.2, -0.15) is 0 Å². The van der Waals surface area contributed by atoms with E-state index in [0.717, 1.165) is 13.1 Å². The van der Waals surface area contributed by atoms with Gasteiger partial charge in [-0.3, -0.25) is 20.1 Å². The van der Waals surface area contributed by atoms with Gasteiger partial charge in [0.15, 0.2) is 0 Å². The average molecular weight is 198 g/mol. The molecule has 4 heteroatoms. The van der Waals surface area contributed by atoms with Gasteiger partial charge in [-0.25, -0.2) is 0 Å². The van der Waals surface area contributed by atoms with Crippen LogP contribution < -0.4 is 10.6 Å². The van der Waals surface area contributed by atoms with E-state index in [0.29, 0.717) is 0 Å². The second kappa shape index (κ2) is 2.02. The van der Waals surface area contributed by atoms with Crippen molar-refractivity contribution in [2.75, 3.05) is 13.1 Å². The first kappa shape index (κ1) is 9.09. The molecular formula is C10H18N2O2. The van der Waals surface area contributed by atoms with Crippen molar-refractivity contribution >= 4 is 0 Å². The van der Waals surface area contributed by atoms with E-state index in [9.17, 15) is 0 Å². The summed E-state index contributed by atoms with van der Waals surface area (Å²) in [5.74, 6) is -1.06. The van der Waals surface area contributed by atoms with Gasteiger partial charge < -0.3 is 0 Å². The third-order valence-electron chi connectivity index (χ3n) is 3.88. The van der Waals surface area contributed by atoms with Gasteiger partial charge in [-0.05, 0) is 0 Å². The fourth-order valence-corrected chi connectivity index (χ4v) is 2.28. The second-order valence-electron chi connectivity index (χ2n) is 5.91. The average Bonchev–Trinajstić information content (AvgIpc) is 1.99. The molecule has 0 saturated carbocycles. The van der Waals surface area contributed by atoms with E-state index in [-0.39, 0.29) is 10.8 Å². The lowest BCUT2D eigenvalue weighted by atomic mass is 9.74. The van der Waals surface area contributed by atoms with Crippen molar-refractivity contribution in [3.63, 3.8) is 0 Å². The normalized spacial score (nSPS) is 52.3. The van der Waals surface area contributed by atoms with E-state index >= 15 is 0 Å². The van der Waals surface area contributed by atoms with E-state index in [1.165, 1.54) is 0 Å². The summed E-state index contributed by atoms with van der Waals surface area (Å²) in [6.45, 7) is 10.5. The van der Waals surface area contributed by atoms with Crippen molar-refractivity contribution in [1.82, 2.24) is 10.6 Å². The molecule has 0 amide bonds. The number of nitrogens with one attached hydrogen (secondary N) is 2. The van der Waals surface area contributed by atoms with Crippen molar-refractivity contribution in [3.05, 3.63) is 0 Å². The minimum absolute atomic E-state index is 0.0750. The van der Waals surface area contributed by atoms with E-state index in [1.807, 2.05) is 0 Å². The third kappa shape index (κ3) is 0.724. The van der Waals surface area contributed by atoms with E-state index in [1.54, 1.807) is 0 Å². The molecule has 0 aliphatic carbocycles. The predicted octanol–water partition coefficient (Wildman–Crippen LogP) is 0.600. The van der Waals surface area contributed by atoms with Gasteiger partial charge in [0, 0.05) is 23.9 Å². The molecule has 3 rings (SSSR count). The first-order valence-electron chi connectivity index (χ1n) is 5.23. The molecule has 0 bridgehead atoms. The number of rotatable bonds is 0. The Morgan fingerprint density at radius 3 is 1.29 bits per heavy atom. The molecule has 2 N–H and O–H groups in total. The summed E-state index contributed by atoms with van der Waals surface area (Å²) in [5, 5.41) is 6.45. The molecular weight excluding hydrogens is 180 g/mol. The Morgan fingerprint density at radius 1 is 0.786 bits per heavy atom. The molecule has 3 saturated heterocycles. The molecule has 0 aromatic carbocycles. The molecule has 3 heterocycles. The second-order valence-corrected chi connectivity index (χ2v) is 5.91. The van der Waals surface area contributed by atoms with Crippen molar-refractivity contribution in [2.45, 2.75) is 39.5 Å². The summed E-state index contributed by atoms with van der Waals surface area (Å²) in [5.41, 5.74) is 0.150. The predicted molar refractivity (Wildman–Crippen MR) is 51.2 cm³/mol. The quantitative estimate of drug-likeness (QED) is 0.598. The Labute approximate surface area is 84.3 Å². The summed E-state index contributed by atoms with van der Waals surface area (Å²) in [6.07, 6.45) is 0. The van der Waals surface area contributed by atoms with Crippen molar-refractivity contribution in [2.24, 2.45) is 10.8 Å². The fraction of sp³-hybridized carbons (Fsp3) is 1.00. The van der Waals surface area contributed by atoms with Crippen LogP contribution in [0.4, 0.5) is 0 Å². The van der Waals surface area contributed by atoms with E-state index in [4.69, 9.17) is 9.47 Å². The van der Waals surface area contributed by atoms with Crippen LogP contribution in [0.1, 0.15) is 27.7 Å². The lowest BCUT2D eigenvalue weighted by molar-refractivity contribution is -0.617. The lowest BCUT2D eigenvalue weighted by Gasteiger charge is -2.73. The molecule has 0 unspecified atom stereocenters. The number of ether oxygens (including phenoxy) is 2. The van der Waals surface area contributed by atoms with Gasteiger partial charge in [0.2, 0.25) is 11.8 Å². The Balaban J connectivity index is 1.78. The van der Waals surface area contributed by atoms with Crippen LogP contribution in [-0.2, 0) is 9.47 Å². The zero-order chi connectivity index (χ0) is 10.2. The van der Waals surface area contributed by atoms with Gasteiger partial charge in [-0.15, -0.1) is 0 Å². The van der Waals surface area contributed by atoms with Gasteiger partial charge in [0.25, 0.3) is 0 Å². The van der Waals surface area contributed by atoms with Crippen molar-refractivity contribution < 1.29 is 9.47 Å². The SMILES string of the molecule is CC1(C)CNC12OC1(NCC1(C)C)O2. The minimum Gasteiger partial charge on any atom is -0.290 e. The highest BCUT2D eigenvalue weighted by Gasteiger charge is 2.76. The van der Waals surface area contributed by atoms with Gasteiger partial charge >= 0.3 is 0 Å². The Kier molecular flexibility index (Phi) is 1.31. The standard InChI is InChI=1S/C10H18N2O2/c1-7(2)5-11-9(7)13-10(14-9)8(3,4)6-12-10/h11-12H,5-6H2,1-4H3. The van der Waals surface area contributed by atoms with Crippen LogP contribution in [-0.4, -0.2) is 24.9 Å². The molecule has 0 radical (unpaired) electrons. The maximum absolute atomic E-state index is 5.97. The molecule has 2 spiro atoms. The highest BCUT2D eigenvalue weighted by atomic mass is 16.9. The lowest BCUT2D eigenvalue weighted by Crippen LogP contribution is -2.93. The molecule has 3 fully saturated rings. The van der Waals surface area contributed by atoms with Crippen molar-refractivity contribution in [3.8, 4) is 0 Å². The fourth-order valence-electron chi connectivity index (χ4n) is 2.28. The summed E-state index contributed by atoms with van der Waals surface area (Å²) < 4.78 is 11.9. The van der Waals surface area contributed by atoms with Crippen LogP contribution in [0.2, 0.25) is 0 Å². The van der Waals surface area contributed by atoms with Gasteiger partial charge in [0.1, 0.15) is 0 Å². The monoisotopic (exact) mass is 198 g/mol. The molecule has 14 heavy (non-hydrogen) atoms. The zero-order valence-electron chi connectivity index (χ0n) is 9.23. The Morgan fingerprint density at radius 2 is 1.14 bits per heavy atom. The van der Waals surface area contributed by atoms with E-state index in [2.05, 4.69) is 38.3 Å². The Bertz CT molecular complexity index is 264. The first-order valence-corrected chi connectivity index (χ1v) is 5.23. The van der Waals surface area contributed by atoms with Crippen LogP contribution in [0, 0.1) is 10.8 Å². The van der Waals surface area contributed by atoms with Gasteiger partial charge in [-0.1, -0.05) is 27.7 Å². The highest BCUT2D eigenvalue weighted by molar-refractivity contribution is 5.11. The van der Waals surface area contributed by atoms with Crippen LogP contribution in [0.3, 0.4) is 0 Å². The molecule has 0 aromatic heterocycles. The topological polar surface area (TPSA) is 42.5 Å². The summed E-state index contributed by atoms with van der Waals surface area (Å²) in [6, 6.07) is 0. The van der Waals surface area contributed by atoms with Crippen LogP contribution in [0.25, 0.3) is 0 Å². The van der Waals surface area contributed by atoms with Crippen LogP contribution >= 0.6 is 0 Å². The van der Waals surface area contributed by atoms with E-state index < -0.39 is 11.8 Å². The number of hydrogen-bond donors (Lipinski definition) is 2. The number of hydrogen-bond acceptors (Lipinski definition) is 4. The maximum Gasteiger partial charge on any atom is 0.241 e. The smallest absolute Gasteiger partial charge is 0.241 e. The molecule has 0 atom stereocenters. The molecule has 3 aliphatic rings. The molecule has 0 aromatic rings. The summed E-state index contributed by atoms with van der Waals surface area (Å²) >= 11 is 0. The zero-order valence-corrected chi connectivity index (χ0v) is 9.23. The molecule has 3 aliphatic heterocycles. The molecule has 80 valence electrons. The highest BCUT2D eigenvalue weighted by Crippen LogP contribution is 2.59. The first-order chi connectivity index (χ1) is 6.33. The summed E-state index contributed by atoms with van der Waals surface area (Å²) in [7, 11) is 0. The maximum atomic E-state index is 5.97. The van der Waals surface area contributed by atoms with Crippen LogP contribution in [0.5, 0.6) is 0 Å². The van der Waals surface area contributed by atoms with Gasteiger partial charge in [0.05, 0.1) is 0 Å². The molecule has 4 nitrogen and oxygen atoms in total. The Hall–Kier alpha value is -0.160. The summed E-state index contributed by atoms with van der Waals surface area (Å²) in [4.78, 5) is 0.